The van der Waals surface area contributed by atoms with Gasteiger partial charge in [-0.1, -0.05) is 29.5 Å². The van der Waals surface area contributed by atoms with Gasteiger partial charge in [-0.3, -0.25) is 4.79 Å². The molecule has 1 aromatic heterocycles. The molecule has 0 atom stereocenters. The second-order valence-corrected chi connectivity index (χ2v) is 6.71. The molecule has 0 aliphatic heterocycles. The molecule has 0 saturated carbocycles. The van der Waals surface area contributed by atoms with Crippen LogP contribution in [0.15, 0.2) is 40.2 Å². The lowest BCUT2D eigenvalue weighted by molar-refractivity contribution is -0.115. The molecule has 1 heterocycles. The number of esters is 1. The Morgan fingerprint density at radius 2 is 2.00 bits per heavy atom. The van der Waals surface area contributed by atoms with Crippen LogP contribution in [0.25, 0.3) is 0 Å². The summed E-state index contributed by atoms with van der Waals surface area (Å²) in [5.41, 5.74) is 0.746. The van der Waals surface area contributed by atoms with E-state index in [0.717, 1.165) is 10.6 Å². The molecule has 122 valence electrons. The average molecular weight is 350 g/mol. The maximum absolute atomic E-state index is 12.0. The highest BCUT2D eigenvalue weighted by molar-refractivity contribution is 8.00. The minimum absolute atomic E-state index is 0.230. The van der Waals surface area contributed by atoms with E-state index in [9.17, 15) is 9.59 Å². The van der Waals surface area contributed by atoms with Gasteiger partial charge in [0.1, 0.15) is 4.88 Å². The summed E-state index contributed by atoms with van der Waals surface area (Å²) in [4.78, 5) is 30.0. The zero-order chi connectivity index (χ0) is 16.8. The number of carbonyl (C=O) groups is 2. The Balaban J connectivity index is 2.14. The fourth-order valence-electron chi connectivity index (χ4n) is 1.81. The summed E-state index contributed by atoms with van der Waals surface area (Å²) in [5, 5.41) is 0. The molecular weight excluding hydrogens is 332 g/mol. The maximum Gasteiger partial charge on any atom is 0.350 e. The van der Waals surface area contributed by atoms with Crippen molar-refractivity contribution in [2.75, 3.05) is 12.4 Å². The highest BCUT2D eigenvalue weighted by Gasteiger charge is 2.16. The molecule has 23 heavy (non-hydrogen) atoms. The molecule has 7 heteroatoms. The van der Waals surface area contributed by atoms with Crippen LogP contribution in [0, 0.1) is 6.92 Å². The van der Waals surface area contributed by atoms with Gasteiger partial charge < -0.3 is 9.30 Å². The molecule has 5 nitrogen and oxygen atoms in total. The quantitative estimate of drug-likeness (QED) is 0.614. The summed E-state index contributed by atoms with van der Waals surface area (Å²) < 4.78 is 6.75. The Morgan fingerprint density at radius 3 is 2.65 bits per heavy atom. The number of carbonyl (C=O) groups excluding carboxylic acids is 2. The van der Waals surface area contributed by atoms with Crippen molar-refractivity contribution >= 4 is 35.0 Å². The summed E-state index contributed by atoms with van der Waals surface area (Å²) >= 11 is 2.62. The van der Waals surface area contributed by atoms with Gasteiger partial charge in [0, 0.05) is 17.6 Å². The SMILES string of the molecule is CCOC(=O)c1sc(=NC(=O)CSc2ccccc2)n(C)c1C. The van der Waals surface area contributed by atoms with E-state index in [0.29, 0.717) is 16.3 Å². The van der Waals surface area contributed by atoms with Crippen LogP contribution in [0.4, 0.5) is 0 Å². The third kappa shape index (κ3) is 4.56. The Labute approximate surface area is 143 Å². The van der Waals surface area contributed by atoms with Crippen LogP contribution in [-0.2, 0) is 16.6 Å². The van der Waals surface area contributed by atoms with Crippen molar-refractivity contribution < 1.29 is 14.3 Å². The lowest BCUT2D eigenvalue weighted by Gasteiger charge is -2.00. The second-order valence-electron chi connectivity index (χ2n) is 4.69. The number of hydrogen-bond donors (Lipinski definition) is 0. The van der Waals surface area contributed by atoms with Crippen molar-refractivity contribution in [2.24, 2.45) is 12.0 Å². The maximum atomic E-state index is 12.0. The Bertz CT molecular complexity index is 763. The first kappa shape index (κ1) is 17.5. The van der Waals surface area contributed by atoms with E-state index in [1.54, 1.807) is 18.5 Å². The van der Waals surface area contributed by atoms with Crippen LogP contribution in [0.5, 0.6) is 0 Å². The zero-order valence-electron chi connectivity index (χ0n) is 13.2. The number of amides is 1. The molecule has 0 saturated heterocycles. The van der Waals surface area contributed by atoms with E-state index >= 15 is 0 Å². The lowest BCUT2D eigenvalue weighted by atomic mass is 10.4. The first-order valence-electron chi connectivity index (χ1n) is 7.12. The second kappa shape index (κ2) is 8.12. The fourth-order valence-corrected chi connectivity index (χ4v) is 3.55. The van der Waals surface area contributed by atoms with Crippen molar-refractivity contribution in [1.29, 1.82) is 0 Å². The number of ether oxygens (including phenoxy) is 1. The van der Waals surface area contributed by atoms with Gasteiger partial charge in [-0.15, -0.1) is 11.8 Å². The van der Waals surface area contributed by atoms with Gasteiger partial charge in [0.2, 0.25) is 0 Å². The predicted molar refractivity (Wildman–Crippen MR) is 91.7 cm³/mol. The van der Waals surface area contributed by atoms with Crippen LogP contribution >= 0.6 is 23.1 Å². The van der Waals surface area contributed by atoms with Crippen LogP contribution < -0.4 is 4.80 Å². The number of nitrogens with zero attached hydrogens (tertiary/aromatic N) is 2. The number of thiazole rings is 1. The van der Waals surface area contributed by atoms with E-state index in [1.807, 2.05) is 37.3 Å². The molecule has 0 aliphatic carbocycles. The van der Waals surface area contributed by atoms with Crippen molar-refractivity contribution in [3.63, 3.8) is 0 Å². The van der Waals surface area contributed by atoms with E-state index in [4.69, 9.17) is 4.74 Å². The number of hydrogen-bond acceptors (Lipinski definition) is 5. The standard InChI is InChI=1S/C16H18N2O3S2/c1-4-21-15(20)14-11(2)18(3)16(23-14)17-13(19)10-22-12-8-6-5-7-9-12/h5-9H,4,10H2,1-3H3. The third-order valence-corrected chi connectivity index (χ3v) is 5.31. The number of aromatic nitrogens is 1. The Hall–Kier alpha value is -1.86. The zero-order valence-corrected chi connectivity index (χ0v) is 14.9. The van der Waals surface area contributed by atoms with Crippen molar-refractivity contribution in [2.45, 2.75) is 18.7 Å². The molecule has 0 spiro atoms. The topological polar surface area (TPSA) is 60.7 Å². The molecular formula is C16H18N2O3S2. The monoisotopic (exact) mass is 350 g/mol. The Morgan fingerprint density at radius 1 is 1.30 bits per heavy atom. The van der Waals surface area contributed by atoms with Gasteiger partial charge in [0.05, 0.1) is 12.4 Å². The normalized spacial score (nSPS) is 11.5. The summed E-state index contributed by atoms with van der Waals surface area (Å²) in [6, 6.07) is 9.69. The van der Waals surface area contributed by atoms with Crippen LogP contribution in [0.2, 0.25) is 0 Å². The number of thioether (sulfide) groups is 1. The molecule has 0 N–H and O–H groups in total. The lowest BCUT2D eigenvalue weighted by Crippen LogP contribution is -2.15. The summed E-state index contributed by atoms with van der Waals surface area (Å²) in [6.07, 6.45) is 0. The molecule has 0 unspecified atom stereocenters. The molecule has 0 radical (unpaired) electrons. The summed E-state index contributed by atoms with van der Waals surface area (Å²) in [6.45, 7) is 3.89. The highest BCUT2D eigenvalue weighted by atomic mass is 32.2. The Kier molecular flexibility index (Phi) is 6.18. The highest BCUT2D eigenvalue weighted by Crippen LogP contribution is 2.17. The molecule has 0 bridgehead atoms. The van der Waals surface area contributed by atoms with Gasteiger partial charge in [-0.2, -0.15) is 4.99 Å². The van der Waals surface area contributed by atoms with Gasteiger partial charge in [-0.05, 0) is 26.0 Å². The first-order valence-corrected chi connectivity index (χ1v) is 8.92. The average Bonchev–Trinajstić information content (AvgIpc) is 2.83. The van der Waals surface area contributed by atoms with Crippen molar-refractivity contribution in [3.8, 4) is 0 Å². The third-order valence-electron chi connectivity index (χ3n) is 3.10. The molecule has 2 aromatic rings. The first-order chi connectivity index (χ1) is 11.0. The van der Waals surface area contributed by atoms with Gasteiger partial charge >= 0.3 is 5.97 Å². The van der Waals surface area contributed by atoms with Crippen molar-refractivity contribution in [1.82, 2.24) is 4.57 Å². The minimum Gasteiger partial charge on any atom is -0.462 e. The van der Waals surface area contributed by atoms with Gasteiger partial charge in [0.25, 0.3) is 5.91 Å². The van der Waals surface area contributed by atoms with Crippen molar-refractivity contribution in [3.05, 3.63) is 45.7 Å². The summed E-state index contributed by atoms with van der Waals surface area (Å²) in [5.74, 6) is -0.348. The fraction of sp³-hybridized carbons (Fsp3) is 0.312. The van der Waals surface area contributed by atoms with E-state index in [1.165, 1.54) is 23.1 Å². The largest absolute Gasteiger partial charge is 0.462 e. The van der Waals surface area contributed by atoms with Gasteiger partial charge in [-0.25, -0.2) is 4.79 Å². The summed E-state index contributed by atoms with van der Waals surface area (Å²) in [7, 11) is 1.78. The smallest absolute Gasteiger partial charge is 0.350 e. The number of benzene rings is 1. The number of rotatable bonds is 5. The van der Waals surface area contributed by atoms with E-state index < -0.39 is 0 Å². The van der Waals surface area contributed by atoms with E-state index in [2.05, 4.69) is 4.99 Å². The molecule has 2 rings (SSSR count). The minimum atomic E-state index is -0.377. The van der Waals surface area contributed by atoms with Crippen LogP contribution in [-0.4, -0.2) is 28.8 Å². The van der Waals surface area contributed by atoms with E-state index in [-0.39, 0.29) is 17.6 Å². The molecule has 0 aliphatic rings. The molecule has 0 fully saturated rings. The van der Waals surface area contributed by atoms with Crippen LogP contribution in [0.3, 0.4) is 0 Å². The van der Waals surface area contributed by atoms with Gasteiger partial charge in [0.15, 0.2) is 4.80 Å². The van der Waals surface area contributed by atoms with Crippen LogP contribution in [0.1, 0.15) is 22.3 Å². The molecule has 1 amide bonds. The molecule has 1 aromatic carbocycles. The predicted octanol–water partition coefficient (Wildman–Crippen LogP) is 2.79.